The smallest absolute Gasteiger partial charge is 0.145 e. The largest absolute Gasteiger partial charge is 0.484 e. The number of amidine groups is 1. The van der Waals surface area contributed by atoms with Crippen molar-refractivity contribution in [2.45, 2.75) is 0 Å². The van der Waals surface area contributed by atoms with Crippen molar-refractivity contribution in [3.63, 3.8) is 0 Å². The molecule has 3 nitrogen and oxygen atoms in total. The number of hydrogen-bond donors (Lipinski definition) is 1. The minimum absolute atomic E-state index is 0.549. The molecule has 1 heterocycles. The van der Waals surface area contributed by atoms with Crippen LogP contribution in [0.5, 0.6) is 5.75 Å². The summed E-state index contributed by atoms with van der Waals surface area (Å²) >= 11 is 2.31. The summed E-state index contributed by atoms with van der Waals surface area (Å²) in [6.45, 7) is 1.39. The van der Waals surface area contributed by atoms with Gasteiger partial charge in [-0.3, -0.25) is 4.99 Å². The Bertz CT molecular complexity index is 352. The zero-order chi connectivity index (χ0) is 9.80. The van der Waals surface area contributed by atoms with Gasteiger partial charge in [-0.05, 0) is 12.1 Å². The van der Waals surface area contributed by atoms with Crippen molar-refractivity contribution in [1.29, 1.82) is 0 Å². The van der Waals surface area contributed by atoms with Gasteiger partial charge in [0.15, 0.2) is 0 Å². The minimum atomic E-state index is 0.549. The van der Waals surface area contributed by atoms with Crippen LogP contribution < -0.4 is 10.1 Å². The third-order valence-corrected chi connectivity index (χ3v) is 2.40. The molecule has 0 aromatic heterocycles. The number of alkyl halides is 1. The van der Waals surface area contributed by atoms with E-state index < -0.39 is 0 Å². The van der Waals surface area contributed by atoms with E-state index in [0.29, 0.717) is 6.61 Å². The second-order valence-corrected chi connectivity index (χ2v) is 4.01. The summed E-state index contributed by atoms with van der Waals surface area (Å²) in [5.41, 5.74) is 1.01. The molecule has 2 rings (SSSR count). The van der Waals surface area contributed by atoms with Crippen LogP contribution in [0.1, 0.15) is 0 Å². The van der Waals surface area contributed by atoms with Crippen LogP contribution in [0.2, 0.25) is 0 Å². The van der Waals surface area contributed by atoms with Gasteiger partial charge in [-0.2, -0.15) is 0 Å². The van der Waals surface area contributed by atoms with Crippen LogP contribution in [0.3, 0.4) is 0 Å². The van der Waals surface area contributed by atoms with Crippen LogP contribution in [0, 0.1) is 0 Å². The number of nitrogens with one attached hydrogen (secondary N) is 1. The van der Waals surface area contributed by atoms with Crippen LogP contribution in [0.4, 0.5) is 5.69 Å². The highest BCUT2D eigenvalue weighted by Gasteiger charge is 2.12. The van der Waals surface area contributed by atoms with Crippen LogP contribution in [0.15, 0.2) is 29.3 Å². The first-order valence-electron chi connectivity index (χ1n) is 4.48. The van der Waals surface area contributed by atoms with Crippen molar-refractivity contribution in [2.24, 2.45) is 4.99 Å². The molecular formula is C10H11IN2O. The predicted molar refractivity (Wildman–Crippen MR) is 66.7 cm³/mol. The van der Waals surface area contributed by atoms with E-state index in [-0.39, 0.29) is 0 Å². The fourth-order valence-electron chi connectivity index (χ4n) is 1.30. The molecule has 4 heteroatoms. The molecule has 14 heavy (non-hydrogen) atoms. The average molecular weight is 302 g/mol. The minimum Gasteiger partial charge on any atom is -0.484 e. The summed E-state index contributed by atoms with van der Waals surface area (Å²) in [6, 6.07) is 7.90. The molecule has 0 aliphatic carbocycles. The highest BCUT2D eigenvalue weighted by atomic mass is 127. The number of halogens is 1. The molecule has 1 aromatic rings. The van der Waals surface area contributed by atoms with E-state index in [4.69, 9.17) is 4.74 Å². The lowest BCUT2D eigenvalue weighted by molar-refractivity contribution is 0.372. The van der Waals surface area contributed by atoms with E-state index in [1.165, 1.54) is 0 Å². The molecule has 74 valence electrons. The third-order valence-electron chi connectivity index (χ3n) is 1.92. The van der Waals surface area contributed by atoms with Crippen LogP contribution in [0.25, 0.3) is 0 Å². The van der Waals surface area contributed by atoms with Crippen LogP contribution in [-0.4, -0.2) is 23.4 Å². The van der Waals surface area contributed by atoms with Gasteiger partial charge in [-0.25, -0.2) is 0 Å². The molecule has 1 aliphatic heterocycles. The molecule has 1 aromatic carbocycles. The van der Waals surface area contributed by atoms with Gasteiger partial charge in [0.25, 0.3) is 0 Å². The Morgan fingerprint density at radius 3 is 3.14 bits per heavy atom. The number of rotatable bonds is 2. The summed E-state index contributed by atoms with van der Waals surface area (Å²) in [6.07, 6.45) is 0. The van der Waals surface area contributed by atoms with Gasteiger partial charge in [0.05, 0.1) is 12.2 Å². The number of para-hydroxylation sites is 2. The number of nitrogens with zero attached hydrogens (tertiary/aromatic N) is 1. The van der Waals surface area contributed by atoms with Crippen molar-refractivity contribution >= 4 is 34.1 Å². The molecule has 0 bridgehead atoms. The van der Waals surface area contributed by atoms with Gasteiger partial charge < -0.3 is 10.1 Å². The number of aliphatic imine (C=N–C) groups is 1. The van der Waals surface area contributed by atoms with Crippen LogP contribution >= 0.6 is 22.6 Å². The summed E-state index contributed by atoms with van der Waals surface area (Å²) < 4.78 is 6.57. The lowest BCUT2D eigenvalue weighted by atomic mass is 10.2. The number of fused-ring (bicyclic) bond motifs is 1. The SMILES string of the molecule is ICCN=C1COc2ccccc2N1. The molecule has 0 atom stereocenters. The van der Waals surface area contributed by atoms with Crippen molar-refractivity contribution in [1.82, 2.24) is 0 Å². The fraction of sp³-hybridized carbons (Fsp3) is 0.300. The average Bonchev–Trinajstić information content (AvgIpc) is 2.26. The molecule has 0 spiro atoms. The first-order chi connectivity index (χ1) is 6.90. The van der Waals surface area contributed by atoms with E-state index >= 15 is 0 Å². The van der Waals surface area contributed by atoms with Crippen molar-refractivity contribution < 1.29 is 4.74 Å². The van der Waals surface area contributed by atoms with Gasteiger partial charge in [-0.15, -0.1) is 0 Å². The van der Waals surface area contributed by atoms with Crippen LogP contribution in [-0.2, 0) is 0 Å². The maximum Gasteiger partial charge on any atom is 0.145 e. The summed E-state index contributed by atoms with van der Waals surface area (Å²) in [4.78, 5) is 4.37. The Kier molecular flexibility index (Phi) is 3.23. The normalized spacial score (nSPS) is 17.1. The topological polar surface area (TPSA) is 33.6 Å². The van der Waals surface area contributed by atoms with Crippen molar-refractivity contribution in [3.8, 4) is 5.75 Å². The Morgan fingerprint density at radius 2 is 2.29 bits per heavy atom. The Labute approximate surface area is 96.7 Å². The zero-order valence-corrected chi connectivity index (χ0v) is 9.82. The summed E-state index contributed by atoms with van der Waals surface area (Å²) in [5.74, 6) is 1.82. The molecule has 0 unspecified atom stereocenters. The first-order valence-corrected chi connectivity index (χ1v) is 6.01. The molecule has 0 fully saturated rings. The second kappa shape index (κ2) is 4.63. The second-order valence-electron chi connectivity index (χ2n) is 2.93. The van der Waals surface area contributed by atoms with Gasteiger partial charge in [0.2, 0.25) is 0 Å². The maximum atomic E-state index is 5.54. The molecule has 0 saturated carbocycles. The number of benzene rings is 1. The molecule has 0 amide bonds. The molecule has 1 N–H and O–H groups in total. The number of hydrogen-bond acceptors (Lipinski definition) is 2. The van der Waals surface area contributed by atoms with Gasteiger partial charge in [-0.1, -0.05) is 34.7 Å². The molecule has 1 aliphatic rings. The maximum absolute atomic E-state index is 5.54. The molecule has 0 saturated heterocycles. The Balaban J connectivity index is 2.13. The van der Waals surface area contributed by atoms with E-state index in [1.807, 2.05) is 24.3 Å². The lowest BCUT2D eigenvalue weighted by Crippen LogP contribution is -2.26. The fourth-order valence-corrected chi connectivity index (χ4v) is 1.54. The standard InChI is InChI=1S/C10H11IN2O/c11-5-6-12-10-7-14-9-4-2-1-3-8(9)13-10/h1-4H,5-7H2,(H,12,13). The van der Waals surface area contributed by atoms with Crippen molar-refractivity contribution in [3.05, 3.63) is 24.3 Å². The van der Waals surface area contributed by atoms with E-state index in [1.54, 1.807) is 0 Å². The van der Waals surface area contributed by atoms with E-state index in [9.17, 15) is 0 Å². The quantitative estimate of drug-likeness (QED) is 0.672. The highest BCUT2D eigenvalue weighted by Crippen LogP contribution is 2.26. The number of anilines is 1. The van der Waals surface area contributed by atoms with Crippen molar-refractivity contribution in [2.75, 3.05) is 22.9 Å². The Morgan fingerprint density at radius 1 is 1.43 bits per heavy atom. The van der Waals surface area contributed by atoms with E-state index in [2.05, 4.69) is 32.9 Å². The number of ether oxygens (including phenoxy) is 1. The summed E-state index contributed by atoms with van der Waals surface area (Å²) in [5, 5.41) is 3.25. The molecular weight excluding hydrogens is 291 g/mol. The first kappa shape index (κ1) is 9.76. The van der Waals surface area contributed by atoms with Gasteiger partial charge in [0, 0.05) is 4.43 Å². The zero-order valence-electron chi connectivity index (χ0n) is 7.66. The molecule has 0 radical (unpaired) electrons. The highest BCUT2D eigenvalue weighted by molar-refractivity contribution is 14.1. The lowest BCUT2D eigenvalue weighted by Gasteiger charge is -2.20. The predicted octanol–water partition coefficient (Wildman–Crippen LogP) is 2.32. The van der Waals surface area contributed by atoms with E-state index in [0.717, 1.165) is 28.2 Å². The van der Waals surface area contributed by atoms with Gasteiger partial charge in [0.1, 0.15) is 18.2 Å². The van der Waals surface area contributed by atoms with Gasteiger partial charge >= 0.3 is 0 Å². The summed E-state index contributed by atoms with van der Waals surface area (Å²) in [7, 11) is 0. The monoisotopic (exact) mass is 302 g/mol. The Hall–Kier alpha value is -0.780. The third kappa shape index (κ3) is 2.17.